The summed E-state index contributed by atoms with van der Waals surface area (Å²) >= 11 is 0. The van der Waals surface area contributed by atoms with Crippen molar-refractivity contribution in [2.45, 2.75) is 51.0 Å². The maximum Gasteiger partial charge on any atom is 0.210 e. The number of Topliss-reactive ketones (excluding diaryl/α,β-unsaturated/α-hetero) is 1. The lowest BCUT2D eigenvalue weighted by Crippen LogP contribution is -2.09. The van der Waals surface area contributed by atoms with Gasteiger partial charge in [-0.15, -0.1) is 0 Å². The van der Waals surface area contributed by atoms with E-state index in [2.05, 4.69) is 10.3 Å². The summed E-state index contributed by atoms with van der Waals surface area (Å²) in [6, 6.07) is 17.3. The topological polar surface area (TPSA) is 85.4 Å². The Bertz CT molecular complexity index is 1610. The number of halogens is 1. The second kappa shape index (κ2) is 10.8. The molecule has 1 heterocycles. The van der Waals surface area contributed by atoms with Crippen LogP contribution in [-0.2, 0) is 16.4 Å². The van der Waals surface area contributed by atoms with Crippen molar-refractivity contribution in [2.75, 3.05) is 5.32 Å². The zero-order chi connectivity index (χ0) is 27.6. The van der Waals surface area contributed by atoms with E-state index in [1.165, 1.54) is 49.4 Å². The normalized spacial score (nSPS) is 11.3. The lowest BCUT2D eigenvalue weighted by Gasteiger charge is -2.17. The molecule has 6 nitrogen and oxygen atoms in total. The van der Waals surface area contributed by atoms with Crippen molar-refractivity contribution in [2.24, 2.45) is 0 Å². The quantitative estimate of drug-likeness (QED) is 0.251. The van der Waals surface area contributed by atoms with Crippen LogP contribution in [0.1, 0.15) is 45.2 Å². The number of nitrogens with one attached hydrogen (secondary N) is 1. The summed E-state index contributed by atoms with van der Waals surface area (Å²) in [5.41, 5.74) is 5.21. The van der Waals surface area contributed by atoms with Gasteiger partial charge in [-0.05, 0) is 100 Å². The van der Waals surface area contributed by atoms with Gasteiger partial charge in [-0.1, -0.05) is 17.7 Å². The summed E-state index contributed by atoms with van der Waals surface area (Å²) in [6.07, 6.45) is 0. The van der Waals surface area contributed by atoms with Gasteiger partial charge in [-0.3, -0.25) is 4.79 Å². The van der Waals surface area contributed by atoms with Crippen molar-refractivity contribution in [3.63, 3.8) is 0 Å². The summed E-state index contributed by atoms with van der Waals surface area (Å²) in [5.74, 6) is -0.0443. The first kappa shape index (κ1) is 27.0. The predicted molar refractivity (Wildman–Crippen MR) is 146 cm³/mol. The van der Waals surface area contributed by atoms with Gasteiger partial charge in [-0.25, -0.2) is 17.8 Å². The molecule has 0 unspecified atom stereocenters. The molecule has 0 spiro atoms. The third-order valence-corrected chi connectivity index (χ3v) is 7.99. The first-order chi connectivity index (χ1) is 18.0. The van der Waals surface area contributed by atoms with Gasteiger partial charge in [0.1, 0.15) is 28.9 Å². The number of aromatic nitrogens is 1. The van der Waals surface area contributed by atoms with Crippen LogP contribution in [0, 0.1) is 33.5 Å². The summed E-state index contributed by atoms with van der Waals surface area (Å²) in [5, 5.41) is 3.25. The number of ether oxygens (including phenoxy) is 1. The van der Waals surface area contributed by atoms with Gasteiger partial charge >= 0.3 is 0 Å². The Morgan fingerprint density at radius 1 is 0.921 bits per heavy atom. The molecule has 0 saturated heterocycles. The fraction of sp³-hybridized carbons (Fsp3) is 0.200. The zero-order valence-corrected chi connectivity index (χ0v) is 22.7. The number of hydrogen-bond acceptors (Lipinski definition) is 6. The third kappa shape index (κ3) is 5.75. The van der Waals surface area contributed by atoms with E-state index < -0.39 is 15.7 Å². The van der Waals surface area contributed by atoms with Crippen molar-refractivity contribution in [1.82, 2.24) is 4.98 Å². The summed E-state index contributed by atoms with van der Waals surface area (Å²) in [7, 11) is -3.92. The molecule has 0 atom stereocenters. The van der Waals surface area contributed by atoms with E-state index in [9.17, 15) is 17.6 Å². The van der Waals surface area contributed by atoms with Crippen LogP contribution in [0.15, 0.2) is 76.5 Å². The van der Waals surface area contributed by atoms with Crippen molar-refractivity contribution in [3.8, 4) is 5.75 Å². The highest BCUT2D eigenvalue weighted by Crippen LogP contribution is 2.32. The molecule has 0 aliphatic heterocycles. The number of ketones is 1. The Morgan fingerprint density at radius 3 is 2.21 bits per heavy atom. The second-order valence-electron chi connectivity index (χ2n) is 9.32. The van der Waals surface area contributed by atoms with Crippen LogP contribution in [0.25, 0.3) is 0 Å². The van der Waals surface area contributed by atoms with Crippen LogP contribution < -0.4 is 10.1 Å². The number of carbonyl (C=O) groups excluding carboxylic acids is 1. The van der Waals surface area contributed by atoms with Gasteiger partial charge in [0.15, 0.2) is 5.78 Å². The highest BCUT2D eigenvalue weighted by Gasteiger charge is 2.23. The largest absolute Gasteiger partial charge is 0.489 e. The molecule has 0 aliphatic rings. The molecule has 196 valence electrons. The molecule has 38 heavy (non-hydrogen) atoms. The molecule has 0 fully saturated rings. The number of nitrogens with zero attached hydrogens (tertiary/aromatic N) is 1. The van der Waals surface area contributed by atoms with Crippen LogP contribution in [-0.4, -0.2) is 19.2 Å². The number of benzene rings is 3. The minimum Gasteiger partial charge on any atom is -0.489 e. The summed E-state index contributed by atoms with van der Waals surface area (Å²) in [4.78, 5) is 16.2. The highest BCUT2D eigenvalue weighted by molar-refractivity contribution is 7.91. The minimum absolute atomic E-state index is 0.0549. The lowest BCUT2D eigenvalue weighted by molar-refractivity contribution is 0.101. The molecule has 0 saturated carbocycles. The van der Waals surface area contributed by atoms with E-state index in [4.69, 9.17) is 4.74 Å². The molecule has 3 aromatic carbocycles. The van der Waals surface area contributed by atoms with Gasteiger partial charge in [0.25, 0.3) is 0 Å². The second-order valence-corrected chi connectivity index (χ2v) is 11.2. The van der Waals surface area contributed by atoms with Crippen molar-refractivity contribution in [1.29, 1.82) is 0 Å². The molecule has 0 amide bonds. The monoisotopic (exact) mass is 532 g/mol. The maximum atomic E-state index is 14.2. The first-order valence-corrected chi connectivity index (χ1v) is 13.5. The molecule has 4 rings (SSSR count). The van der Waals surface area contributed by atoms with Crippen molar-refractivity contribution >= 4 is 27.1 Å². The Hall–Kier alpha value is -4.04. The van der Waals surface area contributed by atoms with E-state index in [0.29, 0.717) is 17.0 Å². The third-order valence-electron chi connectivity index (χ3n) is 6.19. The van der Waals surface area contributed by atoms with E-state index in [1.807, 2.05) is 32.9 Å². The Kier molecular flexibility index (Phi) is 7.64. The predicted octanol–water partition coefficient (Wildman–Crippen LogP) is 6.81. The number of rotatable bonds is 8. The molecule has 1 N–H and O–H groups in total. The first-order valence-electron chi connectivity index (χ1n) is 12.1. The molecule has 1 aromatic heterocycles. The number of anilines is 2. The molecule has 0 bridgehead atoms. The average molecular weight is 533 g/mol. The number of pyridine rings is 1. The van der Waals surface area contributed by atoms with Crippen molar-refractivity contribution < 1.29 is 22.3 Å². The van der Waals surface area contributed by atoms with Crippen LogP contribution >= 0.6 is 0 Å². The van der Waals surface area contributed by atoms with Crippen molar-refractivity contribution in [3.05, 3.63) is 106 Å². The standard InChI is InChI=1S/C30H29FN2O4S/c1-18-14-19(2)29(20(3)15-18)33-30-28(13-6-21(4)32-30)38(35,36)26-10-8-25(9-11-26)37-17-24-16-23(22(5)34)7-12-27(24)31/h6-16H,17H2,1-5H3,(H,32,33). The smallest absolute Gasteiger partial charge is 0.210 e. The maximum absolute atomic E-state index is 14.2. The fourth-order valence-electron chi connectivity index (χ4n) is 4.25. The zero-order valence-electron chi connectivity index (χ0n) is 21.9. The summed E-state index contributed by atoms with van der Waals surface area (Å²) in [6.45, 7) is 9.05. The van der Waals surface area contributed by atoms with Gasteiger partial charge in [-0.2, -0.15) is 0 Å². The minimum atomic E-state index is -3.92. The molecular formula is C30H29FN2O4S. The van der Waals surface area contributed by atoms with Gasteiger partial charge < -0.3 is 10.1 Å². The average Bonchev–Trinajstić information content (AvgIpc) is 2.85. The van der Waals surface area contributed by atoms with E-state index >= 15 is 0 Å². The van der Waals surface area contributed by atoms with E-state index in [1.54, 1.807) is 19.1 Å². The molecule has 0 aliphatic carbocycles. The van der Waals surface area contributed by atoms with Crippen LogP contribution in [0.5, 0.6) is 5.75 Å². The Balaban J connectivity index is 1.60. The van der Waals surface area contributed by atoms with Crippen LogP contribution in [0.3, 0.4) is 0 Å². The SMILES string of the molecule is CC(=O)c1ccc(F)c(COc2ccc(S(=O)(=O)c3ccc(C)nc3Nc3c(C)cc(C)cc3C)cc2)c1. The van der Waals surface area contributed by atoms with Crippen LogP contribution in [0.2, 0.25) is 0 Å². The Labute approximate surface area is 222 Å². The fourth-order valence-corrected chi connectivity index (χ4v) is 5.60. The van der Waals surface area contributed by atoms with E-state index in [-0.39, 0.29) is 33.6 Å². The number of aryl methyl sites for hydroxylation is 4. The number of hydrogen-bond donors (Lipinski definition) is 1. The molecule has 0 radical (unpaired) electrons. The van der Waals surface area contributed by atoms with Gasteiger partial charge in [0.05, 0.1) is 4.90 Å². The molecule has 8 heteroatoms. The van der Waals surface area contributed by atoms with Gasteiger partial charge in [0, 0.05) is 22.5 Å². The highest BCUT2D eigenvalue weighted by atomic mass is 32.2. The Morgan fingerprint density at radius 2 is 1.58 bits per heavy atom. The molecule has 4 aromatic rings. The lowest BCUT2D eigenvalue weighted by atomic mass is 10.1. The number of carbonyl (C=O) groups is 1. The number of sulfone groups is 1. The molecular weight excluding hydrogens is 503 g/mol. The van der Waals surface area contributed by atoms with E-state index in [0.717, 1.165) is 22.4 Å². The van der Waals surface area contributed by atoms with Gasteiger partial charge in [0.2, 0.25) is 9.84 Å². The summed E-state index contributed by atoms with van der Waals surface area (Å²) < 4.78 is 47.0. The van der Waals surface area contributed by atoms with Crippen LogP contribution in [0.4, 0.5) is 15.9 Å².